The fourth-order valence-corrected chi connectivity index (χ4v) is 4.01. The molecule has 10 heteroatoms. The number of sulfonamides is 1. The maximum atomic E-state index is 12.1. The van der Waals surface area contributed by atoms with Crippen molar-refractivity contribution in [2.75, 3.05) is 4.72 Å². The Bertz CT molecular complexity index is 775. The van der Waals surface area contributed by atoms with Crippen molar-refractivity contribution in [1.82, 2.24) is 4.98 Å². The third kappa shape index (κ3) is 3.29. The highest BCUT2D eigenvalue weighted by Crippen LogP contribution is 2.27. The number of halogens is 2. The van der Waals surface area contributed by atoms with Gasteiger partial charge in [0, 0.05) is 0 Å². The second kappa shape index (κ2) is 5.68. The molecular weight excluding hydrogens is 392 g/mol. The first kappa shape index (κ1) is 15.2. The van der Waals surface area contributed by atoms with Crippen LogP contribution in [0, 0.1) is 0 Å². The summed E-state index contributed by atoms with van der Waals surface area (Å²) in [5.74, 6) is -1.23. The number of hydrogen-bond acceptors (Lipinski definition) is 5. The van der Waals surface area contributed by atoms with Gasteiger partial charge in [0.15, 0.2) is 5.13 Å². The molecule has 0 radical (unpaired) electrons. The molecule has 0 atom stereocenters. The zero-order valence-electron chi connectivity index (χ0n) is 9.50. The summed E-state index contributed by atoms with van der Waals surface area (Å²) in [5, 5.41) is 8.87. The van der Waals surface area contributed by atoms with E-state index in [2.05, 4.69) is 25.6 Å². The maximum absolute atomic E-state index is 12.1. The maximum Gasteiger partial charge on any atom is 0.337 e. The molecule has 1 heterocycles. The van der Waals surface area contributed by atoms with E-state index in [-0.39, 0.29) is 20.6 Å². The van der Waals surface area contributed by atoms with E-state index in [0.717, 1.165) is 23.5 Å². The van der Waals surface area contributed by atoms with Gasteiger partial charge in [-0.15, -0.1) is 0 Å². The quantitative estimate of drug-likeness (QED) is 0.826. The summed E-state index contributed by atoms with van der Waals surface area (Å²) in [6.07, 6.45) is 1.46. The van der Waals surface area contributed by atoms with Crippen LogP contribution in [-0.4, -0.2) is 24.5 Å². The molecule has 0 saturated heterocycles. The lowest BCUT2D eigenvalue weighted by atomic mass is 10.2. The number of thiazole rings is 1. The molecule has 0 aliphatic heterocycles. The van der Waals surface area contributed by atoms with Crippen LogP contribution in [0.5, 0.6) is 0 Å². The minimum atomic E-state index is -3.87. The highest BCUT2D eigenvalue weighted by molar-refractivity contribution is 9.11. The Morgan fingerprint density at radius 2 is 2.15 bits per heavy atom. The van der Waals surface area contributed by atoms with Crippen LogP contribution >= 0.6 is 38.9 Å². The fraction of sp³-hybridized carbons (Fsp3) is 0. The van der Waals surface area contributed by atoms with Crippen molar-refractivity contribution in [3.8, 4) is 0 Å². The van der Waals surface area contributed by atoms with E-state index in [1.807, 2.05) is 0 Å². The SMILES string of the molecule is O=C(O)c1ccc(S(=O)(=O)Nc2ncc(Br)s2)cc1Cl. The molecule has 0 amide bonds. The monoisotopic (exact) mass is 396 g/mol. The number of hydrogen-bond donors (Lipinski definition) is 2. The Kier molecular flexibility index (Phi) is 4.33. The average Bonchev–Trinajstić information content (AvgIpc) is 2.73. The van der Waals surface area contributed by atoms with Crippen LogP contribution in [0.1, 0.15) is 10.4 Å². The van der Waals surface area contributed by atoms with Gasteiger partial charge in [-0.3, -0.25) is 4.72 Å². The number of carboxylic acid groups (broad SMARTS) is 1. The van der Waals surface area contributed by atoms with Gasteiger partial charge in [-0.1, -0.05) is 22.9 Å². The predicted molar refractivity (Wildman–Crippen MR) is 79.0 cm³/mol. The number of nitrogens with one attached hydrogen (secondary N) is 1. The zero-order chi connectivity index (χ0) is 14.9. The van der Waals surface area contributed by atoms with Crippen LogP contribution in [0.25, 0.3) is 0 Å². The summed E-state index contributed by atoms with van der Waals surface area (Å²) >= 11 is 10.0. The molecule has 0 bridgehead atoms. The van der Waals surface area contributed by atoms with Gasteiger partial charge in [-0.05, 0) is 34.1 Å². The van der Waals surface area contributed by atoms with Crippen LogP contribution in [0.3, 0.4) is 0 Å². The normalized spacial score (nSPS) is 11.3. The number of nitrogens with zero attached hydrogens (tertiary/aromatic N) is 1. The summed E-state index contributed by atoms with van der Waals surface area (Å²) in [7, 11) is -3.87. The molecule has 2 rings (SSSR count). The molecule has 1 aromatic carbocycles. The van der Waals surface area contributed by atoms with E-state index in [1.165, 1.54) is 12.3 Å². The van der Waals surface area contributed by atoms with E-state index >= 15 is 0 Å². The van der Waals surface area contributed by atoms with Gasteiger partial charge in [0.2, 0.25) is 0 Å². The van der Waals surface area contributed by atoms with Crippen molar-refractivity contribution in [2.45, 2.75) is 4.90 Å². The van der Waals surface area contributed by atoms with Crippen LogP contribution in [0.15, 0.2) is 33.1 Å². The van der Waals surface area contributed by atoms with Crippen molar-refractivity contribution in [3.63, 3.8) is 0 Å². The number of carbonyl (C=O) groups is 1. The van der Waals surface area contributed by atoms with Gasteiger partial charge < -0.3 is 5.11 Å². The van der Waals surface area contributed by atoms with E-state index in [1.54, 1.807) is 0 Å². The van der Waals surface area contributed by atoms with Gasteiger partial charge in [-0.2, -0.15) is 0 Å². The standard InChI is InChI=1S/C10H6BrClN2O4S2/c11-8-4-13-10(19-8)14-20(17,18)5-1-2-6(9(15)16)7(12)3-5/h1-4H,(H,13,14)(H,15,16). The number of carboxylic acids is 1. The lowest BCUT2D eigenvalue weighted by Crippen LogP contribution is -2.13. The highest BCUT2D eigenvalue weighted by Gasteiger charge is 2.19. The Morgan fingerprint density at radius 1 is 1.45 bits per heavy atom. The van der Waals surface area contributed by atoms with Crippen molar-refractivity contribution in [2.24, 2.45) is 0 Å². The van der Waals surface area contributed by atoms with Crippen molar-refractivity contribution in [3.05, 3.63) is 38.8 Å². The van der Waals surface area contributed by atoms with E-state index < -0.39 is 16.0 Å². The molecule has 0 fully saturated rings. The third-order valence-corrected chi connectivity index (χ3v) is 5.35. The van der Waals surface area contributed by atoms with E-state index in [4.69, 9.17) is 16.7 Å². The Morgan fingerprint density at radius 3 is 2.65 bits per heavy atom. The smallest absolute Gasteiger partial charge is 0.337 e. The Labute approximate surface area is 131 Å². The Hall–Kier alpha value is -1.16. The lowest BCUT2D eigenvalue weighted by Gasteiger charge is -2.06. The molecule has 1 aromatic heterocycles. The molecule has 2 aromatic rings. The molecule has 2 N–H and O–H groups in total. The minimum absolute atomic E-state index is 0.140. The fourth-order valence-electron chi connectivity index (χ4n) is 1.31. The Balaban J connectivity index is 2.35. The van der Waals surface area contributed by atoms with Gasteiger partial charge in [0.1, 0.15) is 0 Å². The second-order valence-electron chi connectivity index (χ2n) is 3.52. The van der Waals surface area contributed by atoms with Crippen LogP contribution < -0.4 is 4.72 Å². The van der Waals surface area contributed by atoms with Gasteiger partial charge in [-0.25, -0.2) is 18.2 Å². The summed E-state index contributed by atoms with van der Waals surface area (Å²) < 4.78 is 27.1. The minimum Gasteiger partial charge on any atom is -0.478 e. The summed E-state index contributed by atoms with van der Waals surface area (Å²) in [6, 6.07) is 3.38. The average molecular weight is 398 g/mol. The second-order valence-corrected chi connectivity index (χ2v) is 8.02. The summed E-state index contributed by atoms with van der Waals surface area (Å²) in [4.78, 5) is 14.5. The van der Waals surface area contributed by atoms with E-state index in [9.17, 15) is 13.2 Å². The molecule has 0 saturated carbocycles. The number of benzene rings is 1. The first-order chi connectivity index (χ1) is 9.29. The van der Waals surface area contributed by atoms with Crippen LogP contribution in [0.4, 0.5) is 5.13 Å². The molecule has 106 valence electrons. The topological polar surface area (TPSA) is 96.4 Å². The molecule has 0 aliphatic rings. The van der Waals surface area contributed by atoms with Crippen molar-refractivity contribution < 1.29 is 18.3 Å². The summed E-state index contributed by atoms with van der Waals surface area (Å²) in [6.45, 7) is 0. The van der Waals surface area contributed by atoms with Crippen molar-refractivity contribution in [1.29, 1.82) is 0 Å². The largest absolute Gasteiger partial charge is 0.478 e. The molecule has 0 unspecified atom stereocenters. The van der Waals surface area contributed by atoms with Crippen molar-refractivity contribution >= 4 is 60.0 Å². The molecule has 0 aliphatic carbocycles. The highest BCUT2D eigenvalue weighted by atomic mass is 79.9. The van der Waals surface area contributed by atoms with Gasteiger partial charge >= 0.3 is 5.97 Å². The number of aromatic nitrogens is 1. The first-order valence-electron chi connectivity index (χ1n) is 4.96. The zero-order valence-corrected chi connectivity index (χ0v) is 13.5. The third-order valence-electron chi connectivity index (χ3n) is 2.18. The van der Waals surface area contributed by atoms with Gasteiger partial charge in [0.25, 0.3) is 10.0 Å². The van der Waals surface area contributed by atoms with Gasteiger partial charge in [0.05, 0.1) is 25.5 Å². The first-order valence-corrected chi connectivity index (χ1v) is 8.43. The van der Waals surface area contributed by atoms with E-state index in [0.29, 0.717) is 3.79 Å². The number of anilines is 1. The van der Waals surface area contributed by atoms with Crippen LogP contribution in [0.2, 0.25) is 5.02 Å². The molecular formula is C10H6BrClN2O4S2. The van der Waals surface area contributed by atoms with Crippen LogP contribution in [-0.2, 0) is 10.0 Å². The molecule has 0 spiro atoms. The molecule has 6 nitrogen and oxygen atoms in total. The molecule has 20 heavy (non-hydrogen) atoms. The predicted octanol–water partition coefficient (Wildman–Crippen LogP) is 3.06. The summed E-state index contributed by atoms with van der Waals surface area (Å²) in [5.41, 5.74) is -0.164. The number of aromatic carboxylic acids is 1. The number of rotatable bonds is 4. The lowest BCUT2D eigenvalue weighted by molar-refractivity contribution is 0.0697.